The molecule has 9 heteroatoms. The first-order valence-corrected chi connectivity index (χ1v) is 14.7. The number of aryl methyl sites for hydroxylation is 3. The van der Waals surface area contributed by atoms with Crippen LogP contribution in [0.4, 0.5) is 11.4 Å². The van der Waals surface area contributed by atoms with Gasteiger partial charge < -0.3 is 14.8 Å². The lowest BCUT2D eigenvalue weighted by molar-refractivity contribution is 0.565. The van der Waals surface area contributed by atoms with E-state index in [0.717, 1.165) is 40.3 Å². The zero-order valence-electron chi connectivity index (χ0n) is 22.1. The van der Waals surface area contributed by atoms with Crippen LogP contribution >= 0.6 is 12.2 Å². The molecule has 0 spiro atoms. The van der Waals surface area contributed by atoms with Gasteiger partial charge in [0, 0.05) is 34.6 Å². The van der Waals surface area contributed by atoms with Gasteiger partial charge in [0.1, 0.15) is 0 Å². The van der Waals surface area contributed by atoms with Gasteiger partial charge in [-0.05, 0) is 105 Å². The molecule has 196 valence electrons. The number of anilines is 2. The van der Waals surface area contributed by atoms with Crippen molar-refractivity contribution in [3.05, 3.63) is 107 Å². The Kier molecular flexibility index (Phi) is 6.75. The van der Waals surface area contributed by atoms with Gasteiger partial charge in [-0.1, -0.05) is 18.2 Å². The summed E-state index contributed by atoms with van der Waals surface area (Å²) in [6, 6.07) is 21.6. The van der Waals surface area contributed by atoms with E-state index in [4.69, 9.17) is 12.2 Å². The maximum atomic E-state index is 11.7. The third-order valence-electron chi connectivity index (χ3n) is 6.94. The van der Waals surface area contributed by atoms with Gasteiger partial charge in [-0.2, -0.15) is 0 Å². The van der Waals surface area contributed by atoms with Crippen molar-refractivity contribution < 1.29 is 8.42 Å². The van der Waals surface area contributed by atoms with Gasteiger partial charge >= 0.3 is 0 Å². The quantitative estimate of drug-likeness (QED) is 0.305. The monoisotopic (exact) mass is 545 g/mol. The number of pyridine rings is 1. The lowest BCUT2D eigenvalue weighted by Crippen LogP contribution is -2.29. The second-order valence-electron chi connectivity index (χ2n) is 9.87. The molecular weight excluding hydrogens is 514 g/mol. The van der Waals surface area contributed by atoms with Crippen molar-refractivity contribution in [1.82, 2.24) is 14.9 Å². The van der Waals surface area contributed by atoms with Crippen LogP contribution < -0.4 is 14.9 Å². The Morgan fingerprint density at radius 2 is 1.71 bits per heavy atom. The van der Waals surface area contributed by atoms with Crippen molar-refractivity contribution in [2.24, 2.45) is 0 Å². The molecule has 0 bridgehead atoms. The Morgan fingerprint density at radius 1 is 0.974 bits per heavy atom. The molecule has 2 N–H and O–H groups in total. The van der Waals surface area contributed by atoms with Gasteiger partial charge in [0.2, 0.25) is 10.0 Å². The lowest BCUT2D eigenvalue weighted by atomic mass is 9.96. The van der Waals surface area contributed by atoms with Crippen LogP contribution in [0.2, 0.25) is 0 Å². The van der Waals surface area contributed by atoms with E-state index < -0.39 is 10.0 Å². The predicted molar refractivity (Wildman–Crippen MR) is 158 cm³/mol. The standard InChI is InChI=1S/C29H31N5O2S2/c1-18-9-10-19(2)26(16-18)33-20(3)17-24(21(33)4)28-27(25-8-6-7-15-30-25)31-29(37)34(28)23-13-11-22(12-14-23)32-38(5,35)36/h6-17,27-28,32H,1-5H3,(H,31,37)/t27-,28-/m0/s1. The minimum atomic E-state index is -3.37. The van der Waals surface area contributed by atoms with Crippen molar-refractivity contribution in [1.29, 1.82) is 0 Å². The molecule has 0 amide bonds. The number of hydrogen-bond donors (Lipinski definition) is 2. The maximum absolute atomic E-state index is 11.7. The Balaban J connectivity index is 1.65. The molecule has 0 aliphatic carbocycles. The summed E-state index contributed by atoms with van der Waals surface area (Å²) in [7, 11) is -3.37. The number of nitrogens with zero attached hydrogens (tertiary/aromatic N) is 3. The molecule has 1 aliphatic heterocycles. The fraction of sp³-hybridized carbons (Fsp3) is 0.241. The van der Waals surface area contributed by atoms with E-state index in [2.05, 4.69) is 76.5 Å². The second-order valence-corrected chi connectivity index (χ2v) is 12.0. The highest BCUT2D eigenvalue weighted by molar-refractivity contribution is 7.92. The molecule has 2 aromatic heterocycles. The number of nitrogens with one attached hydrogen (secondary N) is 2. The van der Waals surface area contributed by atoms with E-state index >= 15 is 0 Å². The van der Waals surface area contributed by atoms with E-state index in [9.17, 15) is 8.42 Å². The van der Waals surface area contributed by atoms with E-state index in [1.165, 1.54) is 11.1 Å². The number of sulfonamides is 1. The average Bonchev–Trinajstić information content (AvgIpc) is 3.36. The maximum Gasteiger partial charge on any atom is 0.229 e. The summed E-state index contributed by atoms with van der Waals surface area (Å²) >= 11 is 5.88. The molecule has 0 radical (unpaired) electrons. The number of hydrogen-bond acceptors (Lipinski definition) is 4. The van der Waals surface area contributed by atoms with Crippen LogP contribution in [0.3, 0.4) is 0 Å². The van der Waals surface area contributed by atoms with Crippen molar-refractivity contribution in [3.63, 3.8) is 0 Å². The van der Waals surface area contributed by atoms with Crippen LogP contribution in [0.1, 0.15) is 45.9 Å². The van der Waals surface area contributed by atoms with Crippen LogP contribution in [0.5, 0.6) is 0 Å². The summed E-state index contributed by atoms with van der Waals surface area (Å²) in [5, 5.41) is 4.10. The molecule has 1 saturated heterocycles. The van der Waals surface area contributed by atoms with Crippen molar-refractivity contribution in [3.8, 4) is 5.69 Å². The van der Waals surface area contributed by atoms with E-state index in [1.807, 2.05) is 30.3 Å². The first-order chi connectivity index (χ1) is 18.0. The Labute approximate surface area is 229 Å². The summed E-state index contributed by atoms with van der Waals surface area (Å²) in [6.45, 7) is 8.52. The number of benzene rings is 2. The molecule has 2 atom stereocenters. The average molecular weight is 546 g/mol. The van der Waals surface area contributed by atoms with Crippen LogP contribution in [0.15, 0.2) is 72.9 Å². The van der Waals surface area contributed by atoms with Crippen molar-refractivity contribution >= 4 is 38.7 Å². The number of thiocarbonyl (C=S) groups is 1. The second kappa shape index (κ2) is 9.89. The van der Waals surface area contributed by atoms with E-state index in [0.29, 0.717) is 10.8 Å². The lowest BCUT2D eigenvalue weighted by Gasteiger charge is -2.28. The first-order valence-electron chi connectivity index (χ1n) is 12.4. The molecule has 4 aromatic rings. The highest BCUT2D eigenvalue weighted by atomic mass is 32.2. The largest absolute Gasteiger partial charge is 0.351 e. The Morgan fingerprint density at radius 3 is 2.37 bits per heavy atom. The number of aromatic nitrogens is 2. The van der Waals surface area contributed by atoms with E-state index in [1.54, 1.807) is 18.3 Å². The Hall–Kier alpha value is -3.69. The highest BCUT2D eigenvalue weighted by Crippen LogP contribution is 2.44. The van der Waals surface area contributed by atoms with Crippen LogP contribution in [-0.4, -0.2) is 29.3 Å². The van der Waals surface area contributed by atoms with Crippen LogP contribution in [0, 0.1) is 27.7 Å². The van der Waals surface area contributed by atoms with Gasteiger partial charge in [0.25, 0.3) is 0 Å². The zero-order valence-corrected chi connectivity index (χ0v) is 23.7. The molecule has 0 unspecified atom stereocenters. The Bertz CT molecular complexity index is 1610. The normalized spacial score (nSPS) is 17.5. The fourth-order valence-corrected chi connectivity index (χ4v) is 6.18. The predicted octanol–water partition coefficient (Wildman–Crippen LogP) is 5.65. The van der Waals surface area contributed by atoms with Gasteiger partial charge in [-0.3, -0.25) is 9.71 Å². The van der Waals surface area contributed by atoms with E-state index in [-0.39, 0.29) is 12.1 Å². The summed E-state index contributed by atoms with van der Waals surface area (Å²) in [4.78, 5) is 6.77. The minimum absolute atomic E-state index is 0.170. The summed E-state index contributed by atoms with van der Waals surface area (Å²) in [5.74, 6) is 0. The molecule has 1 aliphatic rings. The summed E-state index contributed by atoms with van der Waals surface area (Å²) in [6.07, 6.45) is 2.93. The molecule has 3 heterocycles. The van der Waals surface area contributed by atoms with Gasteiger partial charge in [-0.25, -0.2) is 8.42 Å². The van der Waals surface area contributed by atoms with Gasteiger partial charge in [-0.15, -0.1) is 0 Å². The van der Waals surface area contributed by atoms with Crippen LogP contribution in [0.25, 0.3) is 5.69 Å². The molecule has 5 rings (SSSR count). The third-order valence-corrected chi connectivity index (χ3v) is 7.86. The summed E-state index contributed by atoms with van der Waals surface area (Å²) in [5.41, 5.74) is 9.25. The molecular formula is C29H31N5O2S2. The zero-order chi connectivity index (χ0) is 27.2. The third kappa shape index (κ3) is 4.91. The van der Waals surface area contributed by atoms with Crippen molar-refractivity contribution in [2.45, 2.75) is 39.8 Å². The molecule has 38 heavy (non-hydrogen) atoms. The molecule has 2 aromatic carbocycles. The summed E-state index contributed by atoms with van der Waals surface area (Å²) < 4.78 is 28.2. The topological polar surface area (TPSA) is 79.3 Å². The minimum Gasteiger partial charge on any atom is -0.351 e. The molecule has 7 nitrogen and oxygen atoms in total. The van der Waals surface area contributed by atoms with Gasteiger partial charge in [0.05, 0.1) is 24.0 Å². The van der Waals surface area contributed by atoms with Crippen LogP contribution in [-0.2, 0) is 10.0 Å². The highest BCUT2D eigenvalue weighted by Gasteiger charge is 2.42. The van der Waals surface area contributed by atoms with Gasteiger partial charge in [0.15, 0.2) is 5.11 Å². The molecule has 1 fully saturated rings. The SMILES string of the molecule is Cc1ccc(C)c(-n2c(C)cc([C@H]3[C@H](c4ccccn4)NC(=S)N3c3ccc(NS(C)(=O)=O)cc3)c2C)c1. The van der Waals surface area contributed by atoms with Crippen molar-refractivity contribution in [2.75, 3.05) is 15.9 Å². The number of rotatable bonds is 6. The smallest absolute Gasteiger partial charge is 0.229 e. The fourth-order valence-electron chi connectivity index (χ4n) is 5.27. The first kappa shape index (κ1) is 25.9. The molecule has 0 saturated carbocycles.